The van der Waals surface area contributed by atoms with Crippen molar-refractivity contribution in [3.05, 3.63) is 0 Å². The fourth-order valence-electron chi connectivity index (χ4n) is 10.5. The minimum Gasteiger partial charge on any atom is -0.394 e. The van der Waals surface area contributed by atoms with E-state index in [2.05, 4.69) is 19.2 Å². The van der Waals surface area contributed by atoms with Gasteiger partial charge in [0.15, 0.2) is 6.29 Å². The second-order valence-corrected chi connectivity index (χ2v) is 22.2. The number of aliphatic hydroxyl groups excluding tert-OH is 5. The Bertz CT molecular complexity index is 1060. The Morgan fingerprint density at radius 3 is 1.01 bits per heavy atom. The standard InChI is InChI=1S/C61H121NO8/c1-3-5-7-9-11-13-15-17-18-19-20-21-22-23-24-25-26-27-28-29-30-31-32-33-34-35-36-37-38-39-41-43-45-47-49-51-57(65)62-54(53-69-61-60(68)59(67)58(66)56(52-63)70-61)55(64)50-48-46-44-42-40-16-14-12-10-8-6-4-2/h54-56,58-61,63-64,66-68H,3-53H2,1-2H3,(H,62,65)/t54-,55+,56+,58+,59?,60?,61+/m0/s1. The maximum Gasteiger partial charge on any atom is 0.220 e. The van der Waals surface area contributed by atoms with Crippen molar-refractivity contribution in [1.29, 1.82) is 0 Å². The molecule has 2 unspecified atom stereocenters. The molecule has 1 fully saturated rings. The van der Waals surface area contributed by atoms with Crippen molar-refractivity contribution in [1.82, 2.24) is 5.32 Å². The van der Waals surface area contributed by atoms with Gasteiger partial charge in [0.25, 0.3) is 0 Å². The number of aliphatic hydroxyl groups is 5. The van der Waals surface area contributed by atoms with E-state index in [1.807, 2.05) is 0 Å². The van der Waals surface area contributed by atoms with Gasteiger partial charge >= 0.3 is 0 Å². The fraction of sp³-hybridized carbons (Fsp3) is 0.984. The van der Waals surface area contributed by atoms with Gasteiger partial charge in [-0.25, -0.2) is 0 Å². The summed E-state index contributed by atoms with van der Waals surface area (Å²) in [5, 5.41) is 54.6. The largest absolute Gasteiger partial charge is 0.394 e. The number of hydrogen-bond donors (Lipinski definition) is 6. The second-order valence-electron chi connectivity index (χ2n) is 22.2. The third-order valence-corrected chi connectivity index (χ3v) is 15.5. The Hall–Kier alpha value is -0.810. The molecule has 0 saturated carbocycles. The van der Waals surface area contributed by atoms with E-state index in [9.17, 15) is 30.3 Å². The lowest BCUT2D eigenvalue weighted by atomic mass is 9.99. The number of hydrogen-bond acceptors (Lipinski definition) is 8. The van der Waals surface area contributed by atoms with Crippen LogP contribution in [0.15, 0.2) is 0 Å². The molecule has 6 N–H and O–H groups in total. The Balaban J connectivity index is 2.02. The van der Waals surface area contributed by atoms with Crippen LogP contribution < -0.4 is 5.32 Å². The molecule has 70 heavy (non-hydrogen) atoms. The minimum atomic E-state index is -1.55. The lowest BCUT2D eigenvalue weighted by molar-refractivity contribution is -0.302. The number of nitrogens with one attached hydrogen (secondary N) is 1. The lowest BCUT2D eigenvalue weighted by Crippen LogP contribution is -2.60. The molecule has 0 aliphatic carbocycles. The number of unbranched alkanes of at least 4 members (excludes halogenated alkanes) is 45. The Labute approximate surface area is 434 Å². The summed E-state index contributed by atoms with van der Waals surface area (Å²) in [5.41, 5.74) is 0. The smallest absolute Gasteiger partial charge is 0.220 e. The van der Waals surface area contributed by atoms with Crippen LogP contribution in [0.5, 0.6) is 0 Å². The molecule has 1 aliphatic rings. The highest BCUT2D eigenvalue weighted by Crippen LogP contribution is 2.24. The van der Waals surface area contributed by atoms with Gasteiger partial charge in [0.1, 0.15) is 24.4 Å². The van der Waals surface area contributed by atoms with Gasteiger partial charge in [-0.3, -0.25) is 4.79 Å². The van der Waals surface area contributed by atoms with Crippen LogP contribution in [0.3, 0.4) is 0 Å². The topological polar surface area (TPSA) is 149 Å². The predicted octanol–water partition coefficient (Wildman–Crippen LogP) is 15.8. The van der Waals surface area contributed by atoms with Gasteiger partial charge in [-0.2, -0.15) is 0 Å². The Morgan fingerprint density at radius 2 is 0.714 bits per heavy atom. The summed E-state index contributed by atoms with van der Waals surface area (Å²) in [7, 11) is 0. The zero-order chi connectivity index (χ0) is 50.8. The lowest BCUT2D eigenvalue weighted by Gasteiger charge is -2.40. The van der Waals surface area contributed by atoms with Crippen LogP contribution in [0.2, 0.25) is 0 Å². The van der Waals surface area contributed by atoms with Gasteiger partial charge in [-0.15, -0.1) is 0 Å². The average Bonchev–Trinajstić information content (AvgIpc) is 3.36. The van der Waals surface area contributed by atoms with Crippen molar-refractivity contribution in [3.63, 3.8) is 0 Å². The molecule has 0 spiro atoms. The monoisotopic (exact) mass is 996 g/mol. The van der Waals surface area contributed by atoms with Crippen LogP contribution in [0.25, 0.3) is 0 Å². The van der Waals surface area contributed by atoms with Crippen molar-refractivity contribution < 1.29 is 39.8 Å². The van der Waals surface area contributed by atoms with Gasteiger partial charge in [-0.05, 0) is 12.8 Å². The molecule has 0 aromatic heterocycles. The highest BCUT2D eigenvalue weighted by Gasteiger charge is 2.44. The van der Waals surface area contributed by atoms with Crippen LogP contribution in [0.1, 0.15) is 328 Å². The molecule has 7 atom stereocenters. The van der Waals surface area contributed by atoms with E-state index in [1.165, 1.54) is 263 Å². The van der Waals surface area contributed by atoms with E-state index in [1.54, 1.807) is 0 Å². The first kappa shape index (κ1) is 67.2. The van der Waals surface area contributed by atoms with E-state index >= 15 is 0 Å². The molecule has 0 aromatic rings. The molecule has 9 nitrogen and oxygen atoms in total. The number of ether oxygens (including phenoxy) is 2. The first-order valence-corrected chi connectivity index (χ1v) is 31.2. The van der Waals surface area contributed by atoms with Crippen LogP contribution in [0, 0.1) is 0 Å². The predicted molar refractivity (Wildman–Crippen MR) is 295 cm³/mol. The summed E-state index contributed by atoms with van der Waals surface area (Å²) in [5.74, 6) is -0.137. The van der Waals surface area contributed by atoms with Gasteiger partial charge in [0.05, 0.1) is 25.4 Å². The molecule has 0 bridgehead atoms. The molecule has 1 heterocycles. The molecular formula is C61H121NO8. The minimum absolute atomic E-state index is 0.131. The van der Waals surface area contributed by atoms with Gasteiger partial charge in [0, 0.05) is 6.42 Å². The fourth-order valence-corrected chi connectivity index (χ4v) is 10.5. The first-order valence-electron chi connectivity index (χ1n) is 31.2. The van der Waals surface area contributed by atoms with Crippen molar-refractivity contribution in [3.8, 4) is 0 Å². The quantitative estimate of drug-likeness (QED) is 0.0330. The number of rotatable bonds is 55. The highest BCUT2D eigenvalue weighted by molar-refractivity contribution is 5.76. The highest BCUT2D eigenvalue weighted by atomic mass is 16.7. The van der Waals surface area contributed by atoms with Crippen molar-refractivity contribution in [2.75, 3.05) is 13.2 Å². The van der Waals surface area contributed by atoms with E-state index in [-0.39, 0.29) is 12.5 Å². The maximum absolute atomic E-state index is 13.1. The molecule has 1 amide bonds. The van der Waals surface area contributed by atoms with Crippen LogP contribution in [-0.2, 0) is 14.3 Å². The number of carbonyl (C=O) groups excluding carboxylic acids is 1. The van der Waals surface area contributed by atoms with E-state index in [4.69, 9.17) is 9.47 Å². The summed E-state index contributed by atoms with van der Waals surface area (Å²) in [6.07, 6.45) is 56.1. The van der Waals surface area contributed by atoms with Gasteiger partial charge in [0.2, 0.25) is 5.91 Å². The van der Waals surface area contributed by atoms with Crippen molar-refractivity contribution in [2.24, 2.45) is 0 Å². The SMILES string of the molecule is CCCCCCCCCCCCCCCCCCCCCCCCCCCCCCCCCCCCCC(=O)N[C@@H](CO[C@@H]1O[C@H](CO)[C@@H](O)C(O)C1O)[C@H](O)CCCCCCCCCCCCCC. The third kappa shape index (κ3) is 40.6. The third-order valence-electron chi connectivity index (χ3n) is 15.5. The normalized spacial score (nSPS) is 19.2. The summed E-state index contributed by atoms with van der Waals surface area (Å²) < 4.78 is 11.3. The van der Waals surface area contributed by atoms with Crippen LogP contribution >= 0.6 is 0 Å². The first-order chi connectivity index (χ1) is 34.3. The van der Waals surface area contributed by atoms with E-state index in [0.29, 0.717) is 12.8 Å². The summed E-state index contributed by atoms with van der Waals surface area (Å²) in [6.45, 7) is 3.87. The van der Waals surface area contributed by atoms with Crippen LogP contribution in [-0.4, -0.2) is 87.5 Å². The Kier molecular flexibility index (Phi) is 49.6. The molecule has 0 radical (unpaired) electrons. The van der Waals surface area contributed by atoms with Crippen LogP contribution in [0.4, 0.5) is 0 Å². The Morgan fingerprint density at radius 1 is 0.429 bits per heavy atom. The van der Waals surface area contributed by atoms with Crippen molar-refractivity contribution in [2.45, 2.75) is 371 Å². The van der Waals surface area contributed by atoms with E-state index < -0.39 is 49.5 Å². The molecular weight excluding hydrogens is 875 g/mol. The molecule has 1 saturated heterocycles. The average molecular weight is 997 g/mol. The number of amides is 1. The van der Waals surface area contributed by atoms with Gasteiger partial charge < -0.3 is 40.3 Å². The second kappa shape index (κ2) is 51.7. The summed E-state index contributed by atoms with van der Waals surface area (Å²) in [4.78, 5) is 13.1. The number of carbonyl (C=O) groups is 1. The maximum atomic E-state index is 13.1. The molecule has 418 valence electrons. The van der Waals surface area contributed by atoms with Crippen molar-refractivity contribution >= 4 is 5.91 Å². The zero-order valence-corrected chi connectivity index (χ0v) is 46.6. The molecule has 9 heteroatoms. The molecule has 1 aliphatic heterocycles. The molecule has 0 aromatic carbocycles. The summed E-state index contributed by atoms with van der Waals surface area (Å²) >= 11 is 0. The molecule has 1 rings (SSSR count). The zero-order valence-electron chi connectivity index (χ0n) is 46.6. The van der Waals surface area contributed by atoms with E-state index in [0.717, 1.165) is 38.5 Å². The summed E-state index contributed by atoms with van der Waals surface area (Å²) in [6, 6.07) is -0.712. The van der Waals surface area contributed by atoms with Gasteiger partial charge in [-0.1, -0.05) is 309 Å².